The Morgan fingerprint density at radius 1 is 0.778 bits per heavy atom. The van der Waals surface area contributed by atoms with Gasteiger partial charge in [0.2, 0.25) is 5.69 Å². The standard InChI is InChI=1S/C19H25NO12S4/c1-13(5-3-9-33(21,22)23)20(8-4-10-34(24,25)26)18-7-6-16-17(14(18)2)11-15(35(27,28)29)12-19(16)36(30,31)32/h6-7,11-12H,3-5,8-10H2,1-2H3,(H3-,21,22,23,24,25,26,27,28,29,30,31,32)/p+1/b20-13-. The zero-order valence-corrected chi connectivity index (χ0v) is 22.5. The summed E-state index contributed by atoms with van der Waals surface area (Å²) in [4.78, 5) is -1.54. The maximum Gasteiger partial charge on any atom is 0.295 e. The average molecular weight is 589 g/mol. The monoisotopic (exact) mass is 588 g/mol. The number of benzene rings is 2. The minimum absolute atomic E-state index is 0.00693. The summed E-state index contributed by atoms with van der Waals surface area (Å²) in [6.07, 6.45) is 0.101. The topological polar surface area (TPSA) is 220 Å². The van der Waals surface area contributed by atoms with Crippen molar-refractivity contribution in [3.8, 4) is 0 Å². The predicted molar refractivity (Wildman–Crippen MR) is 130 cm³/mol. The molecule has 0 fully saturated rings. The first-order chi connectivity index (χ1) is 16.2. The lowest BCUT2D eigenvalue weighted by molar-refractivity contribution is -0.442. The highest BCUT2D eigenvalue weighted by molar-refractivity contribution is 7.87. The van der Waals surface area contributed by atoms with Crippen molar-refractivity contribution in [3.63, 3.8) is 0 Å². The van der Waals surface area contributed by atoms with E-state index >= 15 is 0 Å². The fourth-order valence-electron chi connectivity index (χ4n) is 3.73. The number of fused-ring (bicyclic) bond motifs is 1. The van der Waals surface area contributed by atoms with E-state index in [0.29, 0.717) is 23.0 Å². The molecule has 0 radical (unpaired) electrons. The molecule has 36 heavy (non-hydrogen) atoms. The number of rotatable bonds is 11. The van der Waals surface area contributed by atoms with Crippen LogP contribution < -0.4 is 0 Å². The third-order valence-electron chi connectivity index (χ3n) is 5.36. The minimum atomic E-state index is -4.90. The number of aryl methyl sites for hydroxylation is 1. The van der Waals surface area contributed by atoms with Gasteiger partial charge in [-0.25, -0.2) is 0 Å². The Morgan fingerprint density at radius 2 is 1.33 bits per heavy atom. The molecule has 0 saturated heterocycles. The summed E-state index contributed by atoms with van der Waals surface area (Å²) in [5.74, 6) is -1.12. The van der Waals surface area contributed by atoms with Crippen molar-refractivity contribution in [2.24, 2.45) is 0 Å². The molecular weight excluding hydrogens is 562 g/mol. The van der Waals surface area contributed by atoms with E-state index in [1.807, 2.05) is 0 Å². The summed E-state index contributed by atoms with van der Waals surface area (Å²) in [5.41, 5.74) is 1.18. The van der Waals surface area contributed by atoms with Gasteiger partial charge in [0.25, 0.3) is 40.5 Å². The van der Waals surface area contributed by atoms with E-state index in [9.17, 15) is 42.8 Å². The molecule has 0 bridgehead atoms. The van der Waals surface area contributed by atoms with Gasteiger partial charge in [0.15, 0.2) is 5.71 Å². The summed E-state index contributed by atoms with van der Waals surface area (Å²) in [6.45, 7) is 3.12. The van der Waals surface area contributed by atoms with E-state index in [1.54, 1.807) is 11.5 Å². The lowest BCUT2D eigenvalue weighted by atomic mass is 10.0. The molecule has 0 aliphatic rings. The summed E-state index contributed by atoms with van der Waals surface area (Å²) in [7, 11) is -18.3. The van der Waals surface area contributed by atoms with Crippen molar-refractivity contribution in [2.45, 2.75) is 42.9 Å². The normalized spacial score (nSPS) is 14.2. The fraction of sp³-hybridized carbons (Fsp3) is 0.421. The van der Waals surface area contributed by atoms with Gasteiger partial charge in [0, 0.05) is 36.8 Å². The molecule has 13 nitrogen and oxygen atoms in total. The zero-order chi connectivity index (χ0) is 27.7. The first-order valence-corrected chi connectivity index (χ1v) is 16.3. The first-order valence-electron chi connectivity index (χ1n) is 10.2. The summed E-state index contributed by atoms with van der Waals surface area (Å²) < 4.78 is 131. The predicted octanol–water partition coefficient (Wildman–Crippen LogP) is 1.69. The third-order valence-corrected chi connectivity index (χ3v) is 8.70. The number of hydrogen-bond acceptors (Lipinski definition) is 8. The molecule has 0 amide bonds. The molecule has 2 aromatic rings. The van der Waals surface area contributed by atoms with Crippen LogP contribution in [-0.4, -0.2) is 80.2 Å². The number of nitrogens with zero attached hydrogens (tertiary/aromatic N) is 1. The largest absolute Gasteiger partial charge is 0.295 e. The molecule has 0 aliphatic carbocycles. The van der Waals surface area contributed by atoms with Crippen molar-refractivity contribution < 1.29 is 56.5 Å². The second-order valence-corrected chi connectivity index (χ2v) is 14.0. The Labute approximate surface area is 209 Å². The SMILES string of the molecule is C/C(CCCS(=O)(=O)O)=[N+](\CCCS(=O)(=O)O)c1ccc2c(S(=O)(=O)O)cc(S(=O)(=O)O)cc2c1C. The molecule has 2 aromatic carbocycles. The molecule has 0 saturated carbocycles. The minimum Gasteiger partial charge on any atom is -0.286 e. The van der Waals surface area contributed by atoms with Crippen molar-refractivity contribution in [1.82, 2.24) is 0 Å². The molecule has 202 valence electrons. The van der Waals surface area contributed by atoms with E-state index in [4.69, 9.17) is 9.11 Å². The average Bonchev–Trinajstić information content (AvgIpc) is 2.68. The lowest BCUT2D eigenvalue weighted by Crippen LogP contribution is -2.20. The molecule has 0 aromatic heterocycles. The van der Waals surface area contributed by atoms with Crippen LogP contribution in [-0.2, 0) is 40.5 Å². The second kappa shape index (κ2) is 10.8. The van der Waals surface area contributed by atoms with Crippen LogP contribution in [0.5, 0.6) is 0 Å². The lowest BCUT2D eigenvalue weighted by Gasteiger charge is -2.14. The van der Waals surface area contributed by atoms with E-state index in [1.165, 1.54) is 19.1 Å². The van der Waals surface area contributed by atoms with Crippen LogP contribution in [0, 0.1) is 6.92 Å². The molecule has 0 atom stereocenters. The molecular formula is C19H26NO12S4+. The van der Waals surface area contributed by atoms with Gasteiger partial charge >= 0.3 is 0 Å². The van der Waals surface area contributed by atoms with Crippen molar-refractivity contribution >= 4 is 62.6 Å². The fourth-order valence-corrected chi connectivity index (χ4v) is 6.07. The van der Waals surface area contributed by atoms with E-state index in [0.717, 1.165) is 6.07 Å². The maximum atomic E-state index is 11.9. The molecule has 2 rings (SSSR count). The highest BCUT2D eigenvalue weighted by Gasteiger charge is 2.25. The van der Waals surface area contributed by atoms with Gasteiger partial charge in [-0.3, -0.25) is 18.2 Å². The number of hydrogen-bond donors (Lipinski definition) is 4. The first kappa shape index (κ1) is 30.2. The molecule has 0 unspecified atom stereocenters. The smallest absolute Gasteiger partial charge is 0.286 e. The Bertz CT molecular complexity index is 1640. The summed E-state index contributed by atoms with van der Waals surface area (Å²) in [5, 5.41) is -0.00571. The maximum absolute atomic E-state index is 11.9. The van der Waals surface area contributed by atoms with Gasteiger partial charge in [0.1, 0.15) is 11.4 Å². The third kappa shape index (κ3) is 8.27. The summed E-state index contributed by atoms with van der Waals surface area (Å²) >= 11 is 0. The van der Waals surface area contributed by atoms with Gasteiger partial charge in [-0.05, 0) is 36.9 Å². The van der Waals surface area contributed by atoms with Gasteiger partial charge in [-0.15, -0.1) is 0 Å². The van der Waals surface area contributed by atoms with E-state index < -0.39 is 61.8 Å². The molecule has 0 spiro atoms. The van der Waals surface area contributed by atoms with Crippen LogP contribution in [0.2, 0.25) is 0 Å². The Kier molecular flexibility index (Phi) is 9.06. The van der Waals surface area contributed by atoms with Crippen LogP contribution in [0.15, 0.2) is 34.1 Å². The Balaban J connectivity index is 2.77. The molecule has 17 heteroatoms. The molecule has 0 heterocycles. The molecule has 0 aliphatic heterocycles. The van der Waals surface area contributed by atoms with E-state index in [-0.39, 0.29) is 36.6 Å². The van der Waals surface area contributed by atoms with Crippen LogP contribution in [0.3, 0.4) is 0 Å². The molecule has 4 N–H and O–H groups in total. The van der Waals surface area contributed by atoms with Crippen molar-refractivity contribution in [2.75, 3.05) is 18.1 Å². The van der Waals surface area contributed by atoms with Crippen LogP contribution in [0.25, 0.3) is 10.8 Å². The highest BCUT2D eigenvalue weighted by Crippen LogP contribution is 2.34. The Morgan fingerprint density at radius 3 is 1.83 bits per heavy atom. The van der Waals surface area contributed by atoms with Crippen LogP contribution in [0.4, 0.5) is 5.69 Å². The van der Waals surface area contributed by atoms with Crippen molar-refractivity contribution in [1.29, 1.82) is 0 Å². The zero-order valence-electron chi connectivity index (χ0n) is 19.2. The van der Waals surface area contributed by atoms with Crippen molar-refractivity contribution in [3.05, 3.63) is 29.8 Å². The van der Waals surface area contributed by atoms with Gasteiger partial charge < -0.3 is 0 Å². The quantitative estimate of drug-likeness (QED) is 0.167. The van der Waals surface area contributed by atoms with E-state index in [2.05, 4.69) is 0 Å². The highest BCUT2D eigenvalue weighted by atomic mass is 32.2. The van der Waals surface area contributed by atoms with Crippen LogP contribution in [0.1, 0.15) is 31.7 Å². The van der Waals surface area contributed by atoms with Crippen LogP contribution >= 0.6 is 0 Å². The van der Waals surface area contributed by atoms with Gasteiger partial charge in [-0.2, -0.15) is 38.2 Å². The Hall–Kier alpha value is -1.99. The second-order valence-electron chi connectivity index (χ2n) is 8.09. The van der Waals surface area contributed by atoms with Gasteiger partial charge in [-0.1, -0.05) is 0 Å². The van der Waals surface area contributed by atoms with Gasteiger partial charge in [0.05, 0.1) is 16.4 Å². The summed E-state index contributed by atoms with van der Waals surface area (Å²) in [6, 6.07) is 4.36.